The van der Waals surface area contributed by atoms with Gasteiger partial charge in [0, 0.05) is 35.8 Å². The van der Waals surface area contributed by atoms with Gasteiger partial charge in [-0.1, -0.05) is 12.5 Å². The SMILES string of the molecule is Cc1cnc(Nc2cccc(C3CCN(C(=O)[C@H]4CCCCN4)CC3)n2)s1. The first kappa shape index (κ1) is 18.4. The van der Waals surface area contributed by atoms with E-state index in [1.54, 1.807) is 11.3 Å². The second-order valence-electron chi connectivity index (χ2n) is 7.45. The Morgan fingerprint density at radius 2 is 2.11 bits per heavy atom. The zero-order chi connectivity index (χ0) is 18.6. The van der Waals surface area contributed by atoms with E-state index in [0.717, 1.165) is 62.0 Å². The van der Waals surface area contributed by atoms with Crippen molar-refractivity contribution in [3.63, 3.8) is 0 Å². The summed E-state index contributed by atoms with van der Waals surface area (Å²) in [6.07, 6.45) is 7.14. The molecule has 0 spiro atoms. The summed E-state index contributed by atoms with van der Waals surface area (Å²) in [5.74, 6) is 1.54. The molecule has 0 saturated carbocycles. The molecule has 27 heavy (non-hydrogen) atoms. The molecule has 0 radical (unpaired) electrons. The van der Waals surface area contributed by atoms with Crippen molar-refractivity contribution in [1.29, 1.82) is 0 Å². The normalized spacial score (nSPS) is 21.2. The standard InChI is InChI=1S/C20H27N5OS/c1-14-13-22-20(27-14)24-18-7-4-6-16(23-18)15-8-11-25(12-9-15)19(26)17-5-2-3-10-21-17/h4,6-7,13,15,17,21H,2-3,5,8-12H2,1H3,(H,22,23,24)/t17-/m1/s1. The van der Waals surface area contributed by atoms with Crippen LogP contribution in [0.15, 0.2) is 24.4 Å². The van der Waals surface area contributed by atoms with Crippen LogP contribution < -0.4 is 10.6 Å². The topological polar surface area (TPSA) is 70.2 Å². The van der Waals surface area contributed by atoms with Crippen LogP contribution in [0, 0.1) is 6.92 Å². The highest BCUT2D eigenvalue weighted by Gasteiger charge is 2.29. The van der Waals surface area contributed by atoms with Gasteiger partial charge in [0.1, 0.15) is 5.82 Å². The third-order valence-electron chi connectivity index (χ3n) is 5.46. The number of amides is 1. The molecular weight excluding hydrogens is 358 g/mol. The number of thiazole rings is 1. The van der Waals surface area contributed by atoms with E-state index < -0.39 is 0 Å². The minimum absolute atomic E-state index is 0.0303. The third kappa shape index (κ3) is 4.47. The number of anilines is 2. The fraction of sp³-hybridized carbons (Fsp3) is 0.550. The minimum atomic E-state index is 0.0303. The Hall–Kier alpha value is -1.99. The number of rotatable bonds is 4. The van der Waals surface area contributed by atoms with Gasteiger partial charge in [0.05, 0.1) is 6.04 Å². The second-order valence-corrected chi connectivity index (χ2v) is 8.69. The van der Waals surface area contributed by atoms with E-state index in [0.29, 0.717) is 5.92 Å². The van der Waals surface area contributed by atoms with Crippen molar-refractivity contribution in [2.45, 2.75) is 51.0 Å². The lowest BCUT2D eigenvalue weighted by molar-refractivity contribution is -0.135. The molecule has 2 saturated heterocycles. The van der Waals surface area contributed by atoms with E-state index >= 15 is 0 Å². The Labute approximate surface area is 164 Å². The van der Waals surface area contributed by atoms with Crippen molar-refractivity contribution in [2.75, 3.05) is 25.0 Å². The summed E-state index contributed by atoms with van der Waals surface area (Å²) in [5, 5.41) is 7.55. The quantitative estimate of drug-likeness (QED) is 0.844. The smallest absolute Gasteiger partial charge is 0.239 e. The van der Waals surface area contributed by atoms with Gasteiger partial charge in [-0.05, 0) is 51.3 Å². The Balaban J connectivity index is 1.35. The molecule has 2 fully saturated rings. The number of aromatic nitrogens is 2. The number of nitrogens with one attached hydrogen (secondary N) is 2. The number of carbonyl (C=O) groups excluding carboxylic acids is 1. The van der Waals surface area contributed by atoms with Crippen molar-refractivity contribution < 1.29 is 4.79 Å². The molecule has 0 aromatic carbocycles. The molecule has 1 amide bonds. The molecule has 4 rings (SSSR count). The highest BCUT2D eigenvalue weighted by atomic mass is 32.1. The van der Waals surface area contributed by atoms with Crippen LogP contribution in [-0.2, 0) is 4.79 Å². The van der Waals surface area contributed by atoms with E-state index in [1.807, 2.05) is 24.1 Å². The van der Waals surface area contributed by atoms with Crippen LogP contribution in [0.4, 0.5) is 10.9 Å². The number of hydrogen-bond acceptors (Lipinski definition) is 6. The molecule has 2 aliphatic rings. The van der Waals surface area contributed by atoms with Crippen molar-refractivity contribution in [1.82, 2.24) is 20.2 Å². The molecule has 0 unspecified atom stereocenters. The molecule has 6 nitrogen and oxygen atoms in total. The fourth-order valence-corrected chi connectivity index (χ4v) is 4.62. The van der Waals surface area contributed by atoms with Crippen LogP contribution in [-0.4, -0.2) is 46.5 Å². The number of piperidine rings is 2. The monoisotopic (exact) mass is 385 g/mol. The maximum atomic E-state index is 12.7. The molecule has 2 aliphatic heterocycles. The highest BCUT2D eigenvalue weighted by molar-refractivity contribution is 7.15. The van der Waals surface area contributed by atoms with Gasteiger partial charge < -0.3 is 15.5 Å². The summed E-state index contributed by atoms with van der Waals surface area (Å²) in [4.78, 5) is 25.1. The number of pyridine rings is 1. The number of aryl methyl sites for hydroxylation is 1. The van der Waals surface area contributed by atoms with Gasteiger partial charge in [-0.2, -0.15) is 0 Å². The maximum Gasteiger partial charge on any atom is 0.239 e. The summed E-state index contributed by atoms with van der Waals surface area (Å²) in [6.45, 7) is 4.67. The van der Waals surface area contributed by atoms with Gasteiger partial charge in [-0.25, -0.2) is 9.97 Å². The second kappa shape index (κ2) is 8.35. The lowest BCUT2D eigenvalue weighted by Gasteiger charge is -2.35. The molecule has 0 bridgehead atoms. The summed E-state index contributed by atoms with van der Waals surface area (Å²) in [6, 6.07) is 6.16. The predicted molar refractivity (Wildman–Crippen MR) is 109 cm³/mol. The van der Waals surface area contributed by atoms with Gasteiger partial charge in [0.2, 0.25) is 5.91 Å². The van der Waals surface area contributed by atoms with Crippen molar-refractivity contribution >= 4 is 28.2 Å². The van der Waals surface area contributed by atoms with Crippen LogP contribution >= 0.6 is 11.3 Å². The average Bonchev–Trinajstić information content (AvgIpc) is 3.13. The Bertz CT molecular complexity index is 778. The van der Waals surface area contributed by atoms with E-state index in [4.69, 9.17) is 4.98 Å². The fourth-order valence-electron chi connectivity index (χ4n) is 3.95. The number of likely N-dealkylation sites (tertiary alicyclic amines) is 1. The largest absolute Gasteiger partial charge is 0.341 e. The summed E-state index contributed by atoms with van der Waals surface area (Å²) in [7, 11) is 0. The molecule has 2 aromatic rings. The zero-order valence-corrected chi connectivity index (χ0v) is 16.6. The highest BCUT2D eigenvalue weighted by Crippen LogP contribution is 2.29. The number of nitrogens with zero attached hydrogens (tertiary/aromatic N) is 3. The molecule has 4 heterocycles. The first-order valence-electron chi connectivity index (χ1n) is 9.87. The zero-order valence-electron chi connectivity index (χ0n) is 15.8. The van der Waals surface area contributed by atoms with E-state index in [9.17, 15) is 4.79 Å². The lowest BCUT2D eigenvalue weighted by atomic mass is 9.92. The number of carbonyl (C=O) groups is 1. The molecule has 2 N–H and O–H groups in total. The van der Waals surface area contributed by atoms with Gasteiger partial charge in [0.25, 0.3) is 0 Å². The summed E-state index contributed by atoms with van der Waals surface area (Å²) in [5.41, 5.74) is 1.11. The van der Waals surface area contributed by atoms with E-state index in [-0.39, 0.29) is 11.9 Å². The van der Waals surface area contributed by atoms with Gasteiger partial charge in [0.15, 0.2) is 5.13 Å². The molecule has 2 aromatic heterocycles. The predicted octanol–water partition coefficient (Wildman–Crippen LogP) is 3.44. The van der Waals surface area contributed by atoms with Gasteiger partial charge in [-0.3, -0.25) is 4.79 Å². The maximum absolute atomic E-state index is 12.7. The van der Waals surface area contributed by atoms with Crippen molar-refractivity contribution in [3.05, 3.63) is 35.0 Å². The Morgan fingerprint density at radius 3 is 2.81 bits per heavy atom. The van der Waals surface area contributed by atoms with Crippen LogP contribution in [0.25, 0.3) is 0 Å². The van der Waals surface area contributed by atoms with Crippen LogP contribution in [0.5, 0.6) is 0 Å². The van der Waals surface area contributed by atoms with E-state index in [1.165, 1.54) is 11.3 Å². The summed E-state index contributed by atoms with van der Waals surface area (Å²) >= 11 is 1.63. The Morgan fingerprint density at radius 1 is 1.26 bits per heavy atom. The Kier molecular flexibility index (Phi) is 5.69. The number of hydrogen-bond donors (Lipinski definition) is 2. The van der Waals surface area contributed by atoms with Crippen molar-refractivity contribution in [3.8, 4) is 0 Å². The lowest BCUT2D eigenvalue weighted by Crippen LogP contribution is -2.50. The van der Waals surface area contributed by atoms with E-state index in [2.05, 4.69) is 27.8 Å². The van der Waals surface area contributed by atoms with Crippen LogP contribution in [0.1, 0.15) is 48.6 Å². The van der Waals surface area contributed by atoms with Gasteiger partial charge in [-0.15, -0.1) is 11.3 Å². The molecular formula is C20H27N5OS. The first-order valence-corrected chi connectivity index (χ1v) is 10.7. The minimum Gasteiger partial charge on any atom is -0.341 e. The molecule has 144 valence electrons. The molecule has 1 atom stereocenters. The van der Waals surface area contributed by atoms with Crippen LogP contribution in [0.2, 0.25) is 0 Å². The third-order valence-corrected chi connectivity index (χ3v) is 6.29. The first-order chi connectivity index (χ1) is 13.2. The average molecular weight is 386 g/mol. The summed E-state index contributed by atoms with van der Waals surface area (Å²) < 4.78 is 0. The molecule has 0 aliphatic carbocycles. The van der Waals surface area contributed by atoms with Gasteiger partial charge >= 0.3 is 0 Å². The van der Waals surface area contributed by atoms with Crippen LogP contribution in [0.3, 0.4) is 0 Å². The molecule has 7 heteroatoms. The van der Waals surface area contributed by atoms with Crippen molar-refractivity contribution in [2.24, 2.45) is 0 Å².